The highest BCUT2D eigenvalue weighted by Crippen LogP contribution is 2.36. The van der Waals surface area contributed by atoms with Crippen LogP contribution in [0.2, 0.25) is 10.0 Å². The first-order valence-electron chi connectivity index (χ1n) is 9.86. The third-order valence-corrected chi connectivity index (χ3v) is 6.05. The Morgan fingerprint density at radius 1 is 1.09 bits per heavy atom. The van der Waals surface area contributed by atoms with Crippen LogP contribution < -0.4 is 19.5 Å². The summed E-state index contributed by atoms with van der Waals surface area (Å²) in [7, 11) is 3.07. The van der Waals surface area contributed by atoms with Crippen molar-refractivity contribution in [3.8, 4) is 23.3 Å². The smallest absolute Gasteiger partial charge is 0.266 e. The van der Waals surface area contributed by atoms with Crippen LogP contribution in [0.4, 0.5) is 5.69 Å². The van der Waals surface area contributed by atoms with Crippen molar-refractivity contribution in [2.45, 2.75) is 6.61 Å². The zero-order valence-corrected chi connectivity index (χ0v) is 21.9. The largest absolute Gasteiger partial charge is 0.497 e. The number of nitriles is 1. The summed E-state index contributed by atoms with van der Waals surface area (Å²) in [5.41, 5.74) is 1.87. The second-order valence-electron chi connectivity index (χ2n) is 6.91. The van der Waals surface area contributed by atoms with E-state index in [1.165, 1.54) is 13.2 Å². The van der Waals surface area contributed by atoms with Gasteiger partial charge in [0.1, 0.15) is 24.0 Å². The Kier molecular flexibility index (Phi) is 9.05. The number of amides is 1. The Morgan fingerprint density at radius 2 is 1.82 bits per heavy atom. The van der Waals surface area contributed by atoms with Gasteiger partial charge >= 0.3 is 0 Å². The normalized spacial score (nSPS) is 10.9. The third kappa shape index (κ3) is 6.56. The van der Waals surface area contributed by atoms with Gasteiger partial charge in [-0.05, 0) is 82.8 Å². The molecule has 3 aromatic carbocycles. The summed E-state index contributed by atoms with van der Waals surface area (Å²) in [6.07, 6.45) is 1.49. The Balaban J connectivity index is 1.80. The molecule has 3 aromatic rings. The monoisotopic (exact) mass is 608 g/mol. The minimum atomic E-state index is -0.528. The molecule has 6 nitrogen and oxygen atoms in total. The molecule has 9 heteroatoms. The molecular formula is C25H19Cl2IN2O4. The number of halogens is 3. The van der Waals surface area contributed by atoms with E-state index in [4.69, 9.17) is 37.4 Å². The van der Waals surface area contributed by atoms with Crippen molar-refractivity contribution in [2.24, 2.45) is 0 Å². The van der Waals surface area contributed by atoms with Crippen molar-refractivity contribution in [1.82, 2.24) is 0 Å². The zero-order chi connectivity index (χ0) is 24.7. The van der Waals surface area contributed by atoms with Crippen LogP contribution in [0.15, 0.2) is 60.2 Å². The van der Waals surface area contributed by atoms with Gasteiger partial charge < -0.3 is 19.5 Å². The fraction of sp³-hybridized carbons (Fsp3) is 0.120. The van der Waals surface area contributed by atoms with Crippen molar-refractivity contribution in [2.75, 3.05) is 19.5 Å². The van der Waals surface area contributed by atoms with E-state index in [0.29, 0.717) is 38.5 Å². The quantitative estimate of drug-likeness (QED) is 0.174. The summed E-state index contributed by atoms with van der Waals surface area (Å²) < 4.78 is 17.3. The van der Waals surface area contributed by atoms with Crippen LogP contribution in [-0.4, -0.2) is 20.1 Å². The molecule has 0 atom stereocenters. The van der Waals surface area contributed by atoms with Gasteiger partial charge in [-0.25, -0.2) is 0 Å². The van der Waals surface area contributed by atoms with Gasteiger partial charge in [-0.1, -0.05) is 29.3 Å². The summed E-state index contributed by atoms with van der Waals surface area (Å²) in [5.74, 6) is 1.11. The molecule has 0 aliphatic heterocycles. The fourth-order valence-electron chi connectivity index (χ4n) is 2.94. The van der Waals surface area contributed by atoms with Crippen molar-refractivity contribution < 1.29 is 19.0 Å². The predicted octanol–water partition coefficient (Wildman–Crippen LogP) is 6.74. The van der Waals surface area contributed by atoms with E-state index in [1.807, 2.05) is 6.07 Å². The lowest BCUT2D eigenvalue weighted by atomic mass is 10.1. The van der Waals surface area contributed by atoms with Crippen LogP contribution >= 0.6 is 45.8 Å². The maximum absolute atomic E-state index is 12.6. The van der Waals surface area contributed by atoms with Crippen molar-refractivity contribution >= 4 is 63.5 Å². The number of carbonyl (C=O) groups excluding carboxylic acids is 1. The topological polar surface area (TPSA) is 80.6 Å². The SMILES string of the molecule is COc1ccc(NC(=O)/C(C#N)=C\c2cc(I)c(OCc3ccc(Cl)cc3Cl)c(OC)c2)cc1. The Morgan fingerprint density at radius 3 is 2.44 bits per heavy atom. The number of ether oxygens (including phenoxy) is 3. The van der Waals surface area contributed by atoms with Crippen molar-refractivity contribution in [3.05, 3.63) is 84.9 Å². The molecule has 1 N–H and O–H groups in total. The first-order valence-corrected chi connectivity index (χ1v) is 11.7. The minimum Gasteiger partial charge on any atom is -0.497 e. The molecule has 0 fully saturated rings. The lowest BCUT2D eigenvalue weighted by molar-refractivity contribution is -0.112. The third-order valence-electron chi connectivity index (χ3n) is 4.66. The summed E-state index contributed by atoms with van der Waals surface area (Å²) in [6.45, 7) is 0.214. The highest BCUT2D eigenvalue weighted by Gasteiger charge is 2.15. The molecule has 0 aliphatic rings. The van der Waals surface area contributed by atoms with Gasteiger partial charge in [0.15, 0.2) is 11.5 Å². The van der Waals surface area contributed by atoms with Crippen molar-refractivity contribution in [1.29, 1.82) is 5.26 Å². The molecule has 0 saturated carbocycles. The van der Waals surface area contributed by atoms with Crippen LogP contribution in [-0.2, 0) is 11.4 Å². The average molecular weight is 609 g/mol. The molecule has 0 heterocycles. The van der Waals surface area contributed by atoms with Crippen LogP contribution in [0.3, 0.4) is 0 Å². The molecule has 0 bridgehead atoms. The molecule has 0 radical (unpaired) electrons. The number of hydrogen-bond acceptors (Lipinski definition) is 5. The second kappa shape index (κ2) is 12.0. The predicted molar refractivity (Wildman–Crippen MR) is 142 cm³/mol. The molecule has 0 spiro atoms. The number of anilines is 1. The van der Waals surface area contributed by atoms with Crippen LogP contribution in [0.1, 0.15) is 11.1 Å². The molecule has 34 heavy (non-hydrogen) atoms. The molecule has 174 valence electrons. The molecule has 0 saturated heterocycles. The molecule has 0 aromatic heterocycles. The summed E-state index contributed by atoms with van der Waals surface area (Å²) in [5, 5.41) is 13.3. The number of hydrogen-bond donors (Lipinski definition) is 1. The number of nitrogens with one attached hydrogen (secondary N) is 1. The van der Waals surface area contributed by atoms with E-state index in [2.05, 4.69) is 27.9 Å². The van der Waals surface area contributed by atoms with Crippen LogP contribution in [0.5, 0.6) is 17.2 Å². The van der Waals surface area contributed by atoms with E-state index >= 15 is 0 Å². The zero-order valence-electron chi connectivity index (χ0n) is 18.2. The van der Waals surface area contributed by atoms with E-state index < -0.39 is 5.91 Å². The maximum atomic E-state index is 12.6. The van der Waals surface area contributed by atoms with Gasteiger partial charge in [0.25, 0.3) is 5.91 Å². The Hall–Kier alpha value is -2.93. The van der Waals surface area contributed by atoms with E-state index in [1.54, 1.807) is 61.7 Å². The average Bonchev–Trinajstić information content (AvgIpc) is 2.82. The van der Waals surface area contributed by atoms with E-state index in [0.717, 1.165) is 9.13 Å². The molecule has 1 amide bonds. The molecule has 0 aliphatic carbocycles. The minimum absolute atomic E-state index is 0.0599. The summed E-state index contributed by atoms with van der Waals surface area (Å²) >= 11 is 14.3. The number of nitrogens with zero attached hydrogens (tertiary/aromatic N) is 1. The van der Waals surface area contributed by atoms with Gasteiger partial charge in [0.05, 0.1) is 17.8 Å². The standard InChI is InChI=1S/C25H19Cl2IN2O4/c1-32-20-7-5-19(6-8-20)30-25(31)17(13-29)9-15-10-22(28)24(23(11-15)33-2)34-14-16-3-4-18(26)12-21(16)27/h3-12H,14H2,1-2H3,(H,30,31)/b17-9-. The van der Waals surface area contributed by atoms with E-state index in [-0.39, 0.29) is 12.2 Å². The van der Waals surface area contributed by atoms with Crippen LogP contribution in [0, 0.1) is 14.9 Å². The summed E-state index contributed by atoms with van der Waals surface area (Å²) in [6, 6.07) is 17.4. The molecule has 0 unspecified atom stereocenters. The highest BCUT2D eigenvalue weighted by molar-refractivity contribution is 14.1. The van der Waals surface area contributed by atoms with Gasteiger partial charge in [-0.3, -0.25) is 4.79 Å². The van der Waals surface area contributed by atoms with Gasteiger partial charge in [-0.15, -0.1) is 0 Å². The van der Waals surface area contributed by atoms with Crippen LogP contribution in [0.25, 0.3) is 6.08 Å². The van der Waals surface area contributed by atoms with Gasteiger partial charge in [-0.2, -0.15) is 5.26 Å². The molecule has 3 rings (SSSR count). The van der Waals surface area contributed by atoms with Gasteiger partial charge in [0, 0.05) is 21.3 Å². The maximum Gasteiger partial charge on any atom is 0.266 e. The lowest BCUT2D eigenvalue weighted by Gasteiger charge is -2.14. The summed E-state index contributed by atoms with van der Waals surface area (Å²) in [4.78, 5) is 12.6. The lowest BCUT2D eigenvalue weighted by Crippen LogP contribution is -2.13. The number of carbonyl (C=O) groups is 1. The van der Waals surface area contributed by atoms with Crippen molar-refractivity contribution in [3.63, 3.8) is 0 Å². The molecular weight excluding hydrogens is 590 g/mol. The first kappa shape index (κ1) is 25.7. The Bertz CT molecular complexity index is 1270. The first-order chi connectivity index (χ1) is 16.3. The second-order valence-corrected chi connectivity index (χ2v) is 8.92. The number of methoxy groups -OCH3 is 2. The fourth-order valence-corrected chi connectivity index (χ4v) is 4.18. The number of benzene rings is 3. The number of rotatable bonds is 8. The van der Waals surface area contributed by atoms with E-state index in [9.17, 15) is 10.1 Å². The highest BCUT2D eigenvalue weighted by atomic mass is 127. The Labute approximate surface area is 221 Å². The van der Waals surface area contributed by atoms with Gasteiger partial charge in [0.2, 0.25) is 0 Å².